The number of hydrogen-bond donors (Lipinski definition) is 2. The summed E-state index contributed by atoms with van der Waals surface area (Å²) >= 11 is 12.9. The smallest absolute Gasteiger partial charge is 0.341 e. The summed E-state index contributed by atoms with van der Waals surface area (Å²) in [5.74, 6) is -1.28. The van der Waals surface area contributed by atoms with Crippen molar-refractivity contribution < 1.29 is 23.9 Å². The Labute approximate surface area is 217 Å². The van der Waals surface area contributed by atoms with Gasteiger partial charge in [-0.15, -0.1) is 11.3 Å². The lowest BCUT2D eigenvalue weighted by molar-refractivity contribution is -0.118. The maximum Gasteiger partial charge on any atom is 0.341 e. The maximum atomic E-state index is 13.1. The van der Waals surface area contributed by atoms with E-state index in [4.69, 9.17) is 32.7 Å². The third-order valence-corrected chi connectivity index (χ3v) is 6.70. The highest BCUT2D eigenvalue weighted by Gasteiger charge is 2.27. The first kappa shape index (κ1) is 26.5. The molecule has 35 heavy (non-hydrogen) atoms. The van der Waals surface area contributed by atoms with Crippen molar-refractivity contribution in [2.45, 2.75) is 27.7 Å². The van der Waals surface area contributed by atoms with Gasteiger partial charge < -0.3 is 20.1 Å². The second-order valence-corrected chi connectivity index (χ2v) is 9.53. The highest BCUT2D eigenvalue weighted by molar-refractivity contribution is 7.19. The van der Waals surface area contributed by atoms with Crippen LogP contribution in [0.15, 0.2) is 36.4 Å². The molecule has 184 valence electrons. The molecule has 0 saturated heterocycles. The summed E-state index contributed by atoms with van der Waals surface area (Å²) in [7, 11) is 0. The Kier molecular flexibility index (Phi) is 8.77. The van der Waals surface area contributed by atoms with Crippen LogP contribution in [-0.4, -0.2) is 31.0 Å². The fourth-order valence-electron chi connectivity index (χ4n) is 3.30. The number of amides is 2. The molecule has 0 atom stereocenters. The Hall–Kier alpha value is -3.07. The number of rotatable bonds is 8. The van der Waals surface area contributed by atoms with E-state index in [0.717, 1.165) is 22.5 Å². The van der Waals surface area contributed by atoms with Crippen LogP contribution in [0.2, 0.25) is 10.0 Å². The van der Waals surface area contributed by atoms with Gasteiger partial charge in [0.15, 0.2) is 6.61 Å². The Bertz CT molecular complexity index is 1290. The van der Waals surface area contributed by atoms with E-state index in [0.29, 0.717) is 16.3 Å². The third kappa shape index (κ3) is 6.54. The summed E-state index contributed by atoms with van der Waals surface area (Å²) < 4.78 is 10.6. The molecule has 0 radical (unpaired) electrons. The number of halogens is 2. The van der Waals surface area contributed by atoms with Crippen LogP contribution in [0.3, 0.4) is 0 Å². The van der Waals surface area contributed by atoms with Crippen LogP contribution in [0.5, 0.6) is 5.75 Å². The molecule has 0 aliphatic rings. The minimum absolute atomic E-state index is 0.125. The lowest BCUT2D eigenvalue weighted by Crippen LogP contribution is -2.21. The van der Waals surface area contributed by atoms with Crippen molar-refractivity contribution in [1.82, 2.24) is 0 Å². The summed E-state index contributed by atoms with van der Waals surface area (Å²) in [6.45, 7) is 6.95. The molecule has 7 nitrogen and oxygen atoms in total. The number of ether oxygens (including phenoxy) is 2. The highest BCUT2D eigenvalue weighted by atomic mass is 35.5. The first-order chi connectivity index (χ1) is 16.6. The number of nitrogens with one attached hydrogen (secondary N) is 2. The molecule has 1 heterocycles. The van der Waals surface area contributed by atoms with Gasteiger partial charge in [-0.3, -0.25) is 9.59 Å². The van der Waals surface area contributed by atoms with Crippen molar-refractivity contribution in [3.8, 4) is 5.75 Å². The summed E-state index contributed by atoms with van der Waals surface area (Å²) in [4.78, 5) is 38.6. The van der Waals surface area contributed by atoms with Crippen molar-refractivity contribution >= 4 is 63.0 Å². The zero-order chi connectivity index (χ0) is 25.7. The number of esters is 1. The van der Waals surface area contributed by atoms with Gasteiger partial charge >= 0.3 is 5.97 Å². The van der Waals surface area contributed by atoms with Crippen LogP contribution in [0.25, 0.3) is 0 Å². The van der Waals surface area contributed by atoms with E-state index in [-0.39, 0.29) is 39.4 Å². The Morgan fingerprint density at radius 3 is 2.40 bits per heavy atom. The summed E-state index contributed by atoms with van der Waals surface area (Å²) in [6, 6.07) is 10.3. The van der Waals surface area contributed by atoms with E-state index >= 15 is 0 Å². The van der Waals surface area contributed by atoms with Crippen LogP contribution in [0.1, 0.15) is 43.6 Å². The number of carbonyl (C=O) groups is 3. The van der Waals surface area contributed by atoms with Gasteiger partial charge in [-0.05, 0) is 63.1 Å². The van der Waals surface area contributed by atoms with Crippen molar-refractivity contribution in [3.63, 3.8) is 0 Å². The predicted octanol–water partition coefficient (Wildman–Crippen LogP) is 6.43. The molecule has 2 N–H and O–H groups in total. The quantitative estimate of drug-likeness (QED) is 0.325. The number of aryl methyl sites for hydroxylation is 2. The third-order valence-electron chi connectivity index (χ3n) is 4.97. The van der Waals surface area contributed by atoms with E-state index in [9.17, 15) is 14.4 Å². The van der Waals surface area contributed by atoms with Gasteiger partial charge in [-0.25, -0.2) is 4.79 Å². The van der Waals surface area contributed by atoms with Gasteiger partial charge in [0, 0.05) is 10.7 Å². The number of thiophene rings is 1. The molecule has 0 unspecified atom stereocenters. The molecule has 0 spiro atoms. The lowest BCUT2D eigenvalue weighted by Gasteiger charge is -2.09. The van der Waals surface area contributed by atoms with Crippen molar-refractivity contribution in [2.24, 2.45) is 0 Å². The monoisotopic (exact) mass is 534 g/mol. The minimum atomic E-state index is -0.635. The molecule has 3 aromatic rings. The van der Waals surface area contributed by atoms with E-state index in [1.807, 2.05) is 32.0 Å². The highest BCUT2D eigenvalue weighted by Crippen LogP contribution is 2.35. The molecule has 1 aromatic heterocycles. The normalized spacial score (nSPS) is 10.6. The number of carbonyl (C=O) groups excluding carboxylic acids is 3. The molecule has 2 aromatic carbocycles. The average molecular weight is 535 g/mol. The van der Waals surface area contributed by atoms with E-state index < -0.39 is 17.8 Å². The van der Waals surface area contributed by atoms with E-state index in [2.05, 4.69) is 10.6 Å². The molecule has 0 aliphatic heterocycles. The zero-order valence-electron chi connectivity index (χ0n) is 19.6. The van der Waals surface area contributed by atoms with E-state index in [1.54, 1.807) is 26.0 Å². The van der Waals surface area contributed by atoms with Crippen LogP contribution >= 0.6 is 34.5 Å². The molecular weight excluding hydrogens is 511 g/mol. The number of hydrogen-bond acceptors (Lipinski definition) is 6. The van der Waals surface area contributed by atoms with Crippen LogP contribution in [0.4, 0.5) is 10.7 Å². The number of anilines is 2. The van der Waals surface area contributed by atoms with Crippen molar-refractivity contribution in [1.29, 1.82) is 0 Å². The average Bonchev–Trinajstić information content (AvgIpc) is 3.11. The summed E-state index contributed by atoms with van der Waals surface area (Å²) in [5, 5.41) is 6.42. The fraction of sp³-hybridized carbons (Fsp3) is 0.240. The molecule has 0 saturated carbocycles. The largest absolute Gasteiger partial charge is 0.482 e. The van der Waals surface area contributed by atoms with Gasteiger partial charge in [0.1, 0.15) is 10.8 Å². The molecule has 2 amide bonds. The Morgan fingerprint density at radius 2 is 1.74 bits per heavy atom. The second-order valence-electron chi connectivity index (χ2n) is 7.66. The minimum Gasteiger partial charge on any atom is -0.482 e. The first-order valence-electron chi connectivity index (χ1n) is 10.7. The molecular formula is C25H24Cl2N2O5S. The molecule has 10 heteroatoms. The van der Waals surface area contributed by atoms with Gasteiger partial charge in [0.2, 0.25) is 0 Å². The van der Waals surface area contributed by atoms with Crippen molar-refractivity contribution in [2.75, 3.05) is 23.8 Å². The lowest BCUT2D eigenvalue weighted by atomic mass is 10.1. The van der Waals surface area contributed by atoms with Crippen LogP contribution < -0.4 is 15.4 Å². The number of benzene rings is 2. The van der Waals surface area contributed by atoms with Gasteiger partial charge in [0.25, 0.3) is 11.8 Å². The Morgan fingerprint density at radius 1 is 1.00 bits per heavy atom. The fourth-order valence-corrected chi connectivity index (χ4v) is 4.87. The van der Waals surface area contributed by atoms with Crippen molar-refractivity contribution in [3.05, 3.63) is 73.6 Å². The van der Waals surface area contributed by atoms with Crippen LogP contribution in [0, 0.1) is 20.8 Å². The predicted molar refractivity (Wildman–Crippen MR) is 139 cm³/mol. The van der Waals surface area contributed by atoms with Gasteiger partial charge in [-0.1, -0.05) is 40.9 Å². The maximum absolute atomic E-state index is 13.1. The second kappa shape index (κ2) is 11.6. The summed E-state index contributed by atoms with van der Waals surface area (Å²) in [5.41, 5.74) is 3.17. The SMILES string of the molecule is CCOC(=O)c1c(NC(=O)COc2ccc(Cl)cc2Cl)sc(C(=O)Nc2ccc(C)cc2C)c1C. The van der Waals surface area contributed by atoms with Gasteiger partial charge in [0.05, 0.1) is 22.1 Å². The topological polar surface area (TPSA) is 93.7 Å². The zero-order valence-corrected chi connectivity index (χ0v) is 21.9. The molecule has 0 fully saturated rings. The summed E-state index contributed by atoms with van der Waals surface area (Å²) in [6.07, 6.45) is 0. The molecule has 0 aliphatic carbocycles. The molecule has 3 rings (SSSR count). The Balaban J connectivity index is 1.82. The van der Waals surface area contributed by atoms with E-state index in [1.165, 1.54) is 6.07 Å². The van der Waals surface area contributed by atoms with Crippen LogP contribution in [-0.2, 0) is 9.53 Å². The first-order valence-corrected chi connectivity index (χ1v) is 12.2. The molecule has 0 bridgehead atoms. The standard InChI is InChI=1S/C25H24Cl2N2O5S/c1-5-33-25(32)21-15(4)22(23(31)28-18-8-6-13(2)10-14(18)3)35-24(21)29-20(30)12-34-19-9-7-16(26)11-17(19)27/h6-11H,5,12H2,1-4H3,(H,28,31)(H,29,30). The van der Waals surface area contributed by atoms with Gasteiger partial charge in [-0.2, -0.15) is 0 Å².